The van der Waals surface area contributed by atoms with Crippen molar-refractivity contribution in [2.75, 3.05) is 28.3 Å². The zero-order valence-corrected chi connectivity index (χ0v) is 14.8. The van der Waals surface area contributed by atoms with Crippen molar-refractivity contribution in [3.63, 3.8) is 0 Å². The van der Waals surface area contributed by atoms with Crippen molar-refractivity contribution in [3.8, 4) is 0 Å². The van der Waals surface area contributed by atoms with Crippen molar-refractivity contribution >= 4 is 21.8 Å². The maximum absolute atomic E-state index is 13.0. The van der Waals surface area contributed by atoms with E-state index in [1.54, 1.807) is 21.1 Å². The van der Waals surface area contributed by atoms with Crippen LogP contribution < -0.4 is 4.48 Å². The van der Waals surface area contributed by atoms with Crippen molar-refractivity contribution < 1.29 is 48.8 Å². The number of methoxy groups -OCH3 is 1. The highest BCUT2D eigenvalue weighted by Gasteiger charge is 2.44. The van der Waals surface area contributed by atoms with Gasteiger partial charge in [0.05, 0.1) is 33.8 Å². The van der Waals surface area contributed by atoms with Crippen LogP contribution in [0.15, 0.2) is 18.2 Å². The molecule has 0 aromatic heterocycles. The standard InChI is InChI=1S/C12H15F3NO2.CHF3O3S/c1-16(2,3)10-6-5-8(11(17)18-4)7-9(10)12(13,14)15;2-1(3,4)8(5,6)7/h5-7H,1-4H3;(H,5,6,7)/q+1;. The lowest BCUT2D eigenvalue weighted by atomic mass is 10.1. The van der Waals surface area contributed by atoms with Crippen molar-refractivity contribution in [1.29, 1.82) is 0 Å². The van der Waals surface area contributed by atoms with Gasteiger partial charge in [-0.25, -0.2) is 4.79 Å². The number of hydrogen-bond acceptors (Lipinski definition) is 4. The molecule has 0 aliphatic carbocycles. The molecule has 0 spiro atoms. The third-order valence-corrected chi connectivity index (χ3v) is 3.32. The molecule has 6 nitrogen and oxygen atoms in total. The number of rotatable bonds is 2. The highest BCUT2D eigenvalue weighted by molar-refractivity contribution is 7.86. The Bertz CT molecular complexity index is 750. The minimum Gasteiger partial charge on any atom is -0.465 e. The minimum atomic E-state index is -5.84. The lowest BCUT2D eigenvalue weighted by Crippen LogP contribution is -2.37. The molecule has 0 unspecified atom stereocenters. The van der Waals surface area contributed by atoms with Crippen molar-refractivity contribution in [2.24, 2.45) is 0 Å². The molecule has 1 rings (SSSR count). The Morgan fingerprint density at radius 2 is 1.50 bits per heavy atom. The molecule has 0 radical (unpaired) electrons. The van der Waals surface area contributed by atoms with E-state index in [1.165, 1.54) is 12.1 Å². The van der Waals surface area contributed by atoms with Crippen LogP contribution in [0.3, 0.4) is 0 Å². The number of carbonyl (C=O) groups is 1. The van der Waals surface area contributed by atoms with E-state index in [-0.39, 0.29) is 15.7 Å². The zero-order chi connectivity index (χ0) is 21.1. The molecule has 1 aromatic carbocycles. The number of quaternary nitrogens is 1. The van der Waals surface area contributed by atoms with Gasteiger partial charge in [0.1, 0.15) is 11.3 Å². The first-order chi connectivity index (χ1) is 11.3. The van der Waals surface area contributed by atoms with Gasteiger partial charge in [-0.3, -0.25) is 9.04 Å². The van der Waals surface area contributed by atoms with E-state index in [2.05, 4.69) is 4.74 Å². The number of carbonyl (C=O) groups excluding carboxylic acids is 1. The molecule has 0 fully saturated rings. The SMILES string of the molecule is COC(=O)c1ccc([N+](C)(C)C)c(C(F)(F)F)c1.O=S(=O)(O)C(F)(F)F. The van der Waals surface area contributed by atoms with Crippen LogP contribution in [0.2, 0.25) is 0 Å². The van der Waals surface area contributed by atoms with Gasteiger partial charge in [0.25, 0.3) is 0 Å². The minimum absolute atomic E-state index is 0.0102. The second-order valence-corrected chi connectivity index (χ2v) is 7.07. The van der Waals surface area contributed by atoms with Gasteiger partial charge >= 0.3 is 27.8 Å². The van der Waals surface area contributed by atoms with Crippen LogP contribution in [0.4, 0.5) is 32.0 Å². The van der Waals surface area contributed by atoms with Gasteiger partial charge in [-0.05, 0) is 12.1 Å². The fourth-order valence-electron chi connectivity index (χ4n) is 1.59. The van der Waals surface area contributed by atoms with E-state index in [1.807, 2.05) is 0 Å². The molecule has 0 amide bonds. The summed E-state index contributed by atoms with van der Waals surface area (Å²) in [4.78, 5) is 11.3. The molecule has 0 aliphatic heterocycles. The fourth-order valence-corrected chi connectivity index (χ4v) is 1.59. The number of benzene rings is 1. The van der Waals surface area contributed by atoms with Gasteiger partial charge in [-0.1, -0.05) is 0 Å². The molecule has 1 N–H and O–H groups in total. The molecular formula is C13H16F6NO5S+. The van der Waals surface area contributed by atoms with Crippen LogP contribution in [0.1, 0.15) is 15.9 Å². The van der Waals surface area contributed by atoms with Gasteiger partial charge in [0, 0.05) is 6.07 Å². The highest BCUT2D eigenvalue weighted by atomic mass is 32.2. The smallest absolute Gasteiger partial charge is 0.465 e. The average molecular weight is 412 g/mol. The molecule has 0 saturated heterocycles. The number of ether oxygens (including phenoxy) is 1. The first-order valence-corrected chi connectivity index (χ1v) is 7.91. The average Bonchev–Trinajstić information content (AvgIpc) is 2.42. The number of alkyl halides is 6. The van der Waals surface area contributed by atoms with Gasteiger partial charge < -0.3 is 4.74 Å². The van der Waals surface area contributed by atoms with Crippen molar-refractivity contribution in [1.82, 2.24) is 4.48 Å². The summed E-state index contributed by atoms with van der Waals surface area (Å²) in [6, 6.07) is 3.46. The quantitative estimate of drug-likeness (QED) is 0.266. The topological polar surface area (TPSA) is 80.7 Å². The molecule has 0 bridgehead atoms. The normalized spacial score (nSPS) is 12.9. The van der Waals surface area contributed by atoms with E-state index in [4.69, 9.17) is 13.0 Å². The Morgan fingerprint density at radius 1 is 1.08 bits per heavy atom. The maximum Gasteiger partial charge on any atom is 0.522 e. The zero-order valence-electron chi connectivity index (χ0n) is 13.9. The summed E-state index contributed by atoms with van der Waals surface area (Å²) in [5.41, 5.74) is -6.37. The summed E-state index contributed by atoms with van der Waals surface area (Å²) >= 11 is 0. The van der Waals surface area contributed by atoms with E-state index in [0.29, 0.717) is 0 Å². The number of nitrogens with zero attached hydrogens (tertiary/aromatic N) is 1. The van der Waals surface area contributed by atoms with E-state index >= 15 is 0 Å². The Balaban J connectivity index is 0.000000660. The van der Waals surface area contributed by atoms with Gasteiger partial charge in [0.15, 0.2) is 0 Å². The van der Waals surface area contributed by atoms with Crippen molar-refractivity contribution in [3.05, 3.63) is 29.3 Å². The summed E-state index contributed by atoms with van der Waals surface area (Å²) < 4.78 is 101. The molecule has 150 valence electrons. The molecule has 1 aromatic rings. The molecule has 0 aliphatic rings. The number of halogens is 6. The van der Waals surface area contributed by atoms with Crippen molar-refractivity contribution in [2.45, 2.75) is 11.7 Å². The summed E-state index contributed by atoms with van der Waals surface area (Å²) in [5, 5.41) is 0. The van der Waals surface area contributed by atoms with Crippen LogP contribution in [0.25, 0.3) is 0 Å². The third-order valence-electron chi connectivity index (χ3n) is 2.74. The summed E-state index contributed by atoms with van der Waals surface area (Å²) in [6.07, 6.45) is -4.51. The highest BCUT2D eigenvalue weighted by Crippen LogP contribution is 2.38. The van der Waals surface area contributed by atoms with Crippen LogP contribution in [0.5, 0.6) is 0 Å². The summed E-state index contributed by atoms with van der Waals surface area (Å²) in [6.45, 7) is 0. The van der Waals surface area contributed by atoms with E-state index in [0.717, 1.165) is 13.2 Å². The Kier molecular flexibility index (Phi) is 7.24. The van der Waals surface area contributed by atoms with Gasteiger partial charge in [-0.2, -0.15) is 34.8 Å². The van der Waals surface area contributed by atoms with Crippen LogP contribution in [0, 0.1) is 0 Å². The monoisotopic (exact) mass is 412 g/mol. The molecule has 0 heterocycles. The lowest BCUT2D eigenvalue weighted by Gasteiger charge is -2.27. The Labute approximate surface area is 145 Å². The maximum atomic E-state index is 13.0. The van der Waals surface area contributed by atoms with Gasteiger partial charge in [-0.15, -0.1) is 0 Å². The Morgan fingerprint density at radius 3 is 1.77 bits per heavy atom. The van der Waals surface area contributed by atoms with Crippen LogP contribution >= 0.6 is 0 Å². The van der Waals surface area contributed by atoms with Gasteiger partial charge in [0.2, 0.25) is 0 Å². The van der Waals surface area contributed by atoms with Crippen LogP contribution in [-0.2, 0) is 21.0 Å². The Hall–Kier alpha value is -1.86. The molecule has 0 atom stereocenters. The molecule has 0 saturated carbocycles. The van der Waals surface area contributed by atoms with E-state index in [9.17, 15) is 31.1 Å². The summed E-state index contributed by atoms with van der Waals surface area (Å²) in [7, 11) is 0.170. The molecular weight excluding hydrogens is 396 g/mol. The third kappa shape index (κ3) is 6.80. The van der Waals surface area contributed by atoms with E-state index < -0.39 is 33.3 Å². The first-order valence-electron chi connectivity index (χ1n) is 6.47. The predicted molar refractivity (Wildman–Crippen MR) is 80.0 cm³/mol. The second-order valence-electron chi connectivity index (χ2n) is 5.65. The lowest BCUT2D eigenvalue weighted by molar-refractivity contribution is -0.137. The molecule has 26 heavy (non-hydrogen) atoms. The number of hydrogen-bond donors (Lipinski definition) is 1. The molecule has 13 heteroatoms. The first kappa shape index (κ1) is 24.1. The number of esters is 1. The second kappa shape index (κ2) is 7.80. The van der Waals surface area contributed by atoms with Crippen LogP contribution in [-0.4, -0.2) is 52.7 Å². The predicted octanol–water partition coefficient (Wildman–Crippen LogP) is 3.08. The fraction of sp³-hybridized carbons (Fsp3) is 0.462. The summed E-state index contributed by atoms with van der Waals surface area (Å²) in [5.74, 6) is -0.784. The largest absolute Gasteiger partial charge is 0.522 e.